The van der Waals surface area contributed by atoms with E-state index in [4.69, 9.17) is 5.02 Å². The van der Waals surface area contributed by atoms with Crippen molar-refractivity contribution < 1.29 is 22.8 Å². The number of nitrogens with zero attached hydrogens (tertiary/aromatic N) is 1. The van der Waals surface area contributed by atoms with Gasteiger partial charge in [-0.05, 0) is 13.0 Å². The van der Waals surface area contributed by atoms with Crippen LogP contribution in [0, 0.1) is 6.92 Å². The number of rotatable bonds is 2. The maximum absolute atomic E-state index is 12.3. The van der Waals surface area contributed by atoms with Gasteiger partial charge < -0.3 is 9.68 Å². The first-order chi connectivity index (χ1) is 6.45. The fourth-order valence-electron chi connectivity index (χ4n) is 0.926. The van der Waals surface area contributed by atoms with Gasteiger partial charge in [-0.2, -0.15) is 13.2 Å². The second kappa shape index (κ2) is 3.87. The lowest BCUT2D eigenvalue weighted by molar-refractivity contribution is -0.138. The fourth-order valence-corrected chi connectivity index (χ4v) is 0.926. The normalized spacial score (nSPS) is 11.2. The van der Waals surface area contributed by atoms with Crippen LogP contribution in [0.5, 0.6) is 5.75 Å². The average Bonchev–Trinajstić information content (AvgIpc) is 2.07. The Labute approximate surface area is 78.8 Å². The Hall–Kier alpha value is -1.24. The van der Waals surface area contributed by atoms with Crippen molar-refractivity contribution in [2.45, 2.75) is 13.1 Å². The highest BCUT2D eigenvalue weighted by Gasteiger charge is 2.33. The van der Waals surface area contributed by atoms with Crippen LogP contribution in [0.3, 0.4) is 0 Å². The van der Waals surface area contributed by atoms with Crippen LogP contribution in [0.2, 0.25) is 0 Å². The summed E-state index contributed by atoms with van der Waals surface area (Å²) in [5.74, 6) is -0.162. The number of hydrogen-bond acceptors (Lipinski definition) is 3. The van der Waals surface area contributed by atoms with Crippen LogP contribution >= 0.6 is 0 Å². The zero-order chi connectivity index (χ0) is 10.8. The van der Waals surface area contributed by atoms with Crippen LogP contribution < -0.4 is 4.65 Å². The number of hydrogen-bond donors (Lipinski definition) is 1. The molecule has 0 spiro atoms. The first kappa shape index (κ1) is 10.8. The third-order valence-electron chi connectivity index (χ3n) is 1.56. The lowest BCUT2D eigenvalue weighted by atomic mass is 10.2. The Morgan fingerprint density at radius 3 is 2.64 bits per heavy atom. The van der Waals surface area contributed by atoms with Crippen LogP contribution in [-0.4, -0.2) is 17.7 Å². The molecule has 1 N–H and O–H groups in total. The molecule has 0 aliphatic rings. The minimum absolute atomic E-state index is 0.136. The van der Waals surface area contributed by atoms with Crippen molar-refractivity contribution in [1.82, 2.24) is 4.98 Å². The quantitative estimate of drug-likeness (QED) is 0.738. The molecule has 1 aromatic rings. The summed E-state index contributed by atoms with van der Waals surface area (Å²) in [5, 5.41) is 8.23. The van der Waals surface area contributed by atoms with Gasteiger partial charge in [0.15, 0.2) is 0 Å². The molecule has 7 heteroatoms. The molecule has 0 aromatic carbocycles. The van der Waals surface area contributed by atoms with E-state index in [-0.39, 0.29) is 11.4 Å². The summed E-state index contributed by atoms with van der Waals surface area (Å²) >= 11 is 0. The molecule has 1 aromatic heterocycles. The molecule has 0 saturated carbocycles. The summed E-state index contributed by atoms with van der Waals surface area (Å²) in [6.07, 6.45) is -3.37. The van der Waals surface area contributed by atoms with Gasteiger partial charge in [-0.25, -0.2) is 0 Å². The van der Waals surface area contributed by atoms with E-state index < -0.39 is 11.7 Å². The fraction of sp³-hybridized carbons (Fsp3) is 0.286. The van der Waals surface area contributed by atoms with Gasteiger partial charge in [0.1, 0.15) is 5.75 Å². The van der Waals surface area contributed by atoms with E-state index in [9.17, 15) is 13.2 Å². The topological polar surface area (TPSA) is 42.4 Å². The Bertz CT molecular complexity index is 329. The van der Waals surface area contributed by atoms with Gasteiger partial charge in [0.25, 0.3) is 0 Å². The number of halogens is 3. The van der Waals surface area contributed by atoms with Crippen molar-refractivity contribution >= 4 is 7.69 Å². The number of pyridine rings is 1. The van der Waals surface area contributed by atoms with E-state index in [1.807, 2.05) is 0 Å². The Balaban J connectivity index is 3.09. The lowest BCUT2D eigenvalue weighted by Gasteiger charge is -2.10. The van der Waals surface area contributed by atoms with Crippen molar-refractivity contribution in [2.75, 3.05) is 0 Å². The zero-order valence-electron chi connectivity index (χ0n) is 7.17. The van der Waals surface area contributed by atoms with Crippen molar-refractivity contribution in [3.05, 3.63) is 23.5 Å². The molecule has 0 saturated heterocycles. The van der Waals surface area contributed by atoms with Gasteiger partial charge in [-0.3, -0.25) is 4.98 Å². The van der Waals surface area contributed by atoms with Crippen molar-refractivity contribution in [3.63, 3.8) is 0 Å². The van der Waals surface area contributed by atoms with Gasteiger partial charge in [0.05, 0.1) is 11.8 Å². The van der Waals surface area contributed by atoms with Gasteiger partial charge in [0.2, 0.25) is 0 Å². The maximum atomic E-state index is 12.3. The molecule has 0 bridgehead atoms. The minimum atomic E-state index is -4.47. The predicted molar refractivity (Wildman–Crippen MR) is 42.6 cm³/mol. The first-order valence-electron chi connectivity index (χ1n) is 3.61. The predicted octanol–water partition coefficient (Wildman–Crippen LogP) is 1.31. The molecule has 0 aliphatic heterocycles. The Kier molecular flexibility index (Phi) is 3.00. The minimum Gasteiger partial charge on any atom is -0.536 e. The van der Waals surface area contributed by atoms with Gasteiger partial charge in [0, 0.05) is 5.69 Å². The largest absolute Gasteiger partial charge is 0.569 e. The standard InChI is InChI=1S/C7H6BF3NO2/c1-4-6(7(9,10)11)2-5(3-12-4)14-8-13/h2-3,13H,1H3. The molecule has 3 nitrogen and oxygen atoms in total. The summed E-state index contributed by atoms with van der Waals surface area (Å²) < 4.78 is 41.3. The summed E-state index contributed by atoms with van der Waals surface area (Å²) in [4.78, 5) is 3.49. The van der Waals surface area contributed by atoms with Crippen LogP contribution in [0.4, 0.5) is 13.2 Å². The molecule has 75 valence electrons. The molecule has 0 unspecified atom stereocenters. The zero-order valence-corrected chi connectivity index (χ0v) is 7.17. The molecule has 0 aliphatic carbocycles. The smallest absolute Gasteiger partial charge is 0.536 e. The lowest BCUT2D eigenvalue weighted by Crippen LogP contribution is -2.10. The third-order valence-corrected chi connectivity index (χ3v) is 1.56. The van der Waals surface area contributed by atoms with Crippen LogP contribution in [0.25, 0.3) is 0 Å². The van der Waals surface area contributed by atoms with Crippen molar-refractivity contribution in [2.24, 2.45) is 0 Å². The number of aromatic nitrogens is 1. The molecular weight excluding hydrogens is 198 g/mol. The van der Waals surface area contributed by atoms with E-state index >= 15 is 0 Å². The second-order valence-corrected chi connectivity index (χ2v) is 2.53. The molecule has 1 radical (unpaired) electrons. The first-order valence-corrected chi connectivity index (χ1v) is 3.61. The van der Waals surface area contributed by atoms with Gasteiger partial charge in [-0.1, -0.05) is 0 Å². The SMILES string of the molecule is Cc1ncc(O[B]O)cc1C(F)(F)F. The summed E-state index contributed by atoms with van der Waals surface area (Å²) in [7, 11) is 0.298. The molecule has 0 fully saturated rings. The third kappa shape index (κ3) is 2.38. The Morgan fingerprint density at radius 2 is 2.14 bits per heavy atom. The van der Waals surface area contributed by atoms with E-state index in [0.717, 1.165) is 12.3 Å². The summed E-state index contributed by atoms with van der Waals surface area (Å²) in [6, 6.07) is 0.773. The Morgan fingerprint density at radius 1 is 1.50 bits per heavy atom. The highest BCUT2D eigenvalue weighted by Crippen LogP contribution is 2.32. The van der Waals surface area contributed by atoms with E-state index in [1.165, 1.54) is 6.92 Å². The molecule has 0 atom stereocenters. The monoisotopic (exact) mass is 204 g/mol. The van der Waals surface area contributed by atoms with E-state index in [0.29, 0.717) is 7.69 Å². The van der Waals surface area contributed by atoms with Crippen LogP contribution in [0.1, 0.15) is 11.3 Å². The number of alkyl halides is 3. The van der Waals surface area contributed by atoms with E-state index in [2.05, 4.69) is 9.64 Å². The second-order valence-electron chi connectivity index (χ2n) is 2.53. The molecule has 1 rings (SSSR count). The molecule has 1 heterocycles. The number of aryl methyl sites for hydroxylation is 1. The van der Waals surface area contributed by atoms with Crippen LogP contribution in [0.15, 0.2) is 12.3 Å². The molecule has 14 heavy (non-hydrogen) atoms. The van der Waals surface area contributed by atoms with Gasteiger partial charge in [-0.15, -0.1) is 0 Å². The average molecular weight is 204 g/mol. The highest BCUT2D eigenvalue weighted by atomic mass is 19.4. The maximum Gasteiger partial charge on any atom is 0.569 e. The van der Waals surface area contributed by atoms with Crippen LogP contribution in [-0.2, 0) is 6.18 Å². The van der Waals surface area contributed by atoms with Gasteiger partial charge >= 0.3 is 13.9 Å². The highest BCUT2D eigenvalue weighted by molar-refractivity contribution is 6.17. The summed E-state index contributed by atoms with van der Waals surface area (Å²) in [5.41, 5.74) is -1.01. The van der Waals surface area contributed by atoms with Crippen molar-refractivity contribution in [3.8, 4) is 5.75 Å². The van der Waals surface area contributed by atoms with E-state index in [1.54, 1.807) is 0 Å². The summed E-state index contributed by atoms with van der Waals surface area (Å²) in [6.45, 7) is 1.25. The van der Waals surface area contributed by atoms with Crippen molar-refractivity contribution in [1.29, 1.82) is 0 Å². The molecule has 0 amide bonds. The molecular formula is C7H6BF3NO2.